The predicted molar refractivity (Wildman–Crippen MR) is 74.3 cm³/mol. The molecule has 1 fully saturated rings. The van der Waals surface area contributed by atoms with E-state index < -0.39 is 0 Å². The number of benzene rings is 1. The van der Waals surface area contributed by atoms with Crippen molar-refractivity contribution in [1.82, 2.24) is 0 Å². The highest BCUT2D eigenvalue weighted by atomic mass is 19.1. The SMILES string of the molecule is COCCOCC(=O)Nc1ccc(F)c(C2CCC2)c1. The fraction of sp³-hybridized carbons (Fsp3) is 0.533. The first-order valence-corrected chi connectivity index (χ1v) is 6.86. The summed E-state index contributed by atoms with van der Waals surface area (Å²) < 4.78 is 23.7. The molecule has 0 aliphatic heterocycles. The first-order valence-electron chi connectivity index (χ1n) is 6.86. The maximum Gasteiger partial charge on any atom is 0.250 e. The predicted octanol–water partition coefficient (Wildman–Crippen LogP) is 2.69. The first kappa shape index (κ1) is 14.9. The van der Waals surface area contributed by atoms with E-state index in [9.17, 15) is 9.18 Å². The number of ether oxygens (including phenoxy) is 2. The summed E-state index contributed by atoms with van der Waals surface area (Å²) in [6.07, 6.45) is 3.19. The molecular weight excluding hydrogens is 261 g/mol. The molecule has 0 spiro atoms. The van der Waals surface area contributed by atoms with Crippen molar-refractivity contribution in [2.75, 3.05) is 32.2 Å². The molecule has 4 nitrogen and oxygen atoms in total. The zero-order chi connectivity index (χ0) is 14.4. The molecule has 0 aromatic heterocycles. The molecule has 20 heavy (non-hydrogen) atoms. The lowest BCUT2D eigenvalue weighted by Crippen LogP contribution is -2.20. The molecule has 0 bridgehead atoms. The standard InChI is InChI=1S/C15H20FNO3/c1-19-7-8-20-10-15(18)17-12-5-6-14(16)13(9-12)11-3-2-4-11/h5-6,9,11H,2-4,7-8,10H2,1H3,(H,17,18). The Hall–Kier alpha value is -1.46. The molecule has 0 unspecified atom stereocenters. The second-order valence-corrected chi connectivity index (χ2v) is 4.96. The highest BCUT2D eigenvalue weighted by Crippen LogP contribution is 2.38. The number of methoxy groups -OCH3 is 1. The molecule has 0 radical (unpaired) electrons. The van der Waals surface area contributed by atoms with Crippen LogP contribution in [-0.4, -0.2) is 32.8 Å². The zero-order valence-electron chi connectivity index (χ0n) is 11.7. The minimum Gasteiger partial charge on any atom is -0.382 e. The van der Waals surface area contributed by atoms with Gasteiger partial charge in [-0.1, -0.05) is 6.42 Å². The van der Waals surface area contributed by atoms with Crippen molar-refractivity contribution >= 4 is 11.6 Å². The van der Waals surface area contributed by atoms with E-state index in [1.807, 2.05) is 0 Å². The smallest absolute Gasteiger partial charge is 0.250 e. The summed E-state index contributed by atoms with van der Waals surface area (Å²) in [5, 5.41) is 2.72. The fourth-order valence-corrected chi connectivity index (χ4v) is 2.16. The van der Waals surface area contributed by atoms with E-state index in [0.717, 1.165) is 19.3 Å². The van der Waals surface area contributed by atoms with Gasteiger partial charge in [0, 0.05) is 12.8 Å². The topological polar surface area (TPSA) is 47.6 Å². The highest BCUT2D eigenvalue weighted by molar-refractivity contribution is 5.91. The van der Waals surface area contributed by atoms with Crippen LogP contribution in [0.1, 0.15) is 30.7 Å². The Morgan fingerprint density at radius 3 is 2.85 bits per heavy atom. The molecule has 1 amide bonds. The Kier molecular flexibility index (Phi) is 5.49. The molecule has 2 rings (SSSR count). The maximum absolute atomic E-state index is 13.7. The van der Waals surface area contributed by atoms with E-state index in [2.05, 4.69) is 5.32 Å². The zero-order valence-corrected chi connectivity index (χ0v) is 11.7. The normalized spacial score (nSPS) is 14.9. The quantitative estimate of drug-likeness (QED) is 0.782. The van der Waals surface area contributed by atoms with E-state index in [4.69, 9.17) is 9.47 Å². The number of carbonyl (C=O) groups excluding carboxylic acids is 1. The van der Waals surface area contributed by atoms with Gasteiger partial charge in [-0.3, -0.25) is 4.79 Å². The molecule has 0 saturated heterocycles. The van der Waals surface area contributed by atoms with Gasteiger partial charge in [-0.2, -0.15) is 0 Å². The van der Waals surface area contributed by atoms with Crippen molar-refractivity contribution in [2.45, 2.75) is 25.2 Å². The Balaban J connectivity index is 1.87. The summed E-state index contributed by atoms with van der Waals surface area (Å²) in [6, 6.07) is 4.71. The molecule has 0 atom stereocenters. The minimum absolute atomic E-state index is 0.0283. The van der Waals surface area contributed by atoms with Crippen LogP contribution in [0, 0.1) is 5.82 Å². The van der Waals surface area contributed by atoms with Crippen molar-refractivity contribution in [1.29, 1.82) is 0 Å². The van der Waals surface area contributed by atoms with Crippen LogP contribution in [0.3, 0.4) is 0 Å². The van der Waals surface area contributed by atoms with E-state index >= 15 is 0 Å². The second kappa shape index (κ2) is 7.36. The summed E-state index contributed by atoms with van der Waals surface area (Å²) >= 11 is 0. The molecular formula is C15H20FNO3. The van der Waals surface area contributed by atoms with Crippen LogP contribution in [0.2, 0.25) is 0 Å². The van der Waals surface area contributed by atoms with Crippen molar-refractivity contribution in [3.05, 3.63) is 29.6 Å². The van der Waals surface area contributed by atoms with Crippen LogP contribution < -0.4 is 5.32 Å². The number of anilines is 1. The number of halogens is 1. The Labute approximate surface area is 118 Å². The lowest BCUT2D eigenvalue weighted by atomic mass is 9.80. The maximum atomic E-state index is 13.7. The highest BCUT2D eigenvalue weighted by Gasteiger charge is 2.22. The van der Waals surface area contributed by atoms with E-state index in [-0.39, 0.29) is 18.3 Å². The molecule has 1 aliphatic carbocycles. The van der Waals surface area contributed by atoms with E-state index in [1.54, 1.807) is 19.2 Å². The van der Waals surface area contributed by atoms with Gasteiger partial charge in [0.25, 0.3) is 0 Å². The summed E-state index contributed by atoms with van der Waals surface area (Å²) in [5.74, 6) is -0.138. The molecule has 5 heteroatoms. The first-order chi connectivity index (χ1) is 9.70. The molecule has 1 aliphatic rings. The van der Waals surface area contributed by atoms with Gasteiger partial charge >= 0.3 is 0 Å². The van der Waals surface area contributed by atoms with Crippen LogP contribution in [0.4, 0.5) is 10.1 Å². The van der Waals surface area contributed by atoms with Crippen LogP contribution >= 0.6 is 0 Å². The number of rotatable bonds is 7. The van der Waals surface area contributed by atoms with Crippen molar-refractivity contribution in [2.24, 2.45) is 0 Å². The average molecular weight is 281 g/mol. The molecule has 1 aromatic carbocycles. The van der Waals surface area contributed by atoms with Gasteiger partial charge in [-0.05, 0) is 42.5 Å². The van der Waals surface area contributed by atoms with E-state index in [0.29, 0.717) is 30.4 Å². The molecule has 0 heterocycles. The average Bonchev–Trinajstić information content (AvgIpc) is 2.37. The molecule has 1 N–H and O–H groups in total. The fourth-order valence-electron chi connectivity index (χ4n) is 2.16. The van der Waals surface area contributed by atoms with Gasteiger partial charge < -0.3 is 14.8 Å². The molecule has 110 valence electrons. The summed E-state index contributed by atoms with van der Waals surface area (Å²) in [5.41, 5.74) is 1.32. The monoisotopic (exact) mass is 281 g/mol. The van der Waals surface area contributed by atoms with Gasteiger partial charge in [-0.25, -0.2) is 4.39 Å². The van der Waals surface area contributed by atoms with Crippen molar-refractivity contribution in [3.63, 3.8) is 0 Å². The van der Waals surface area contributed by atoms with Gasteiger partial charge in [-0.15, -0.1) is 0 Å². The third-order valence-electron chi connectivity index (χ3n) is 3.49. The Bertz CT molecular complexity index is 460. The van der Waals surface area contributed by atoms with Gasteiger partial charge in [0.1, 0.15) is 12.4 Å². The summed E-state index contributed by atoms with van der Waals surface area (Å²) in [6.45, 7) is 0.801. The Morgan fingerprint density at radius 1 is 1.40 bits per heavy atom. The van der Waals surface area contributed by atoms with Crippen LogP contribution in [-0.2, 0) is 14.3 Å². The van der Waals surface area contributed by atoms with E-state index in [1.165, 1.54) is 6.07 Å². The van der Waals surface area contributed by atoms with Gasteiger partial charge in [0.2, 0.25) is 5.91 Å². The number of hydrogen-bond acceptors (Lipinski definition) is 3. The number of amides is 1. The lowest BCUT2D eigenvalue weighted by molar-refractivity contribution is -0.121. The van der Waals surface area contributed by atoms with Crippen molar-refractivity contribution in [3.8, 4) is 0 Å². The third-order valence-corrected chi connectivity index (χ3v) is 3.49. The van der Waals surface area contributed by atoms with Gasteiger partial charge in [0.15, 0.2) is 0 Å². The second-order valence-electron chi connectivity index (χ2n) is 4.96. The largest absolute Gasteiger partial charge is 0.382 e. The molecule has 1 saturated carbocycles. The lowest BCUT2D eigenvalue weighted by Gasteiger charge is -2.26. The molecule has 1 aromatic rings. The summed E-state index contributed by atoms with van der Waals surface area (Å²) in [4.78, 5) is 11.7. The van der Waals surface area contributed by atoms with Crippen molar-refractivity contribution < 1.29 is 18.7 Å². The third kappa shape index (κ3) is 4.02. The number of carbonyl (C=O) groups is 1. The Morgan fingerprint density at radius 2 is 2.20 bits per heavy atom. The van der Waals surface area contributed by atoms with Crippen LogP contribution in [0.15, 0.2) is 18.2 Å². The minimum atomic E-state index is -0.243. The van der Waals surface area contributed by atoms with Gasteiger partial charge in [0.05, 0.1) is 13.2 Å². The van der Waals surface area contributed by atoms with Crippen LogP contribution in [0.5, 0.6) is 0 Å². The summed E-state index contributed by atoms with van der Waals surface area (Å²) in [7, 11) is 1.57. The number of nitrogens with one attached hydrogen (secondary N) is 1. The van der Waals surface area contributed by atoms with Crippen LogP contribution in [0.25, 0.3) is 0 Å². The number of hydrogen-bond donors (Lipinski definition) is 1.